The van der Waals surface area contributed by atoms with E-state index in [1.54, 1.807) is 7.11 Å². The van der Waals surface area contributed by atoms with Crippen LogP contribution in [0.15, 0.2) is 10.9 Å². The van der Waals surface area contributed by atoms with Gasteiger partial charge in [0.15, 0.2) is 16.3 Å². The summed E-state index contributed by atoms with van der Waals surface area (Å²) in [6.07, 6.45) is 0.765. The molecule has 1 aromatic heterocycles. The topological polar surface area (TPSA) is 89.0 Å². The van der Waals surface area contributed by atoms with E-state index >= 15 is 0 Å². The van der Waals surface area contributed by atoms with E-state index in [1.165, 1.54) is 4.57 Å². The molecule has 1 aromatic carbocycles. The number of hydrogen-bond acceptors (Lipinski definition) is 7. The predicted molar refractivity (Wildman–Crippen MR) is 101 cm³/mol. The zero-order valence-electron chi connectivity index (χ0n) is 15.4. The van der Waals surface area contributed by atoms with Crippen molar-refractivity contribution in [2.45, 2.75) is 25.9 Å². The summed E-state index contributed by atoms with van der Waals surface area (Å²) in [4.78, 5) is 17.5. The molecular formula is C18H21N3O5S. The lowest BCUT2D eigenvalue weighted by atomic mass is 9.87. The molecule has 1 atom stereocenters. The molecule has 0 aliphatic carbocycles. The first-order chi connectivity index (χ1) is 13.0. The third kappa shape index (κ3) is 2.61. The van der Waals surface area contributed by atoms with E-state index in [1.807, 2.05) is 24.9 Å². The van der Waals surface area contributed by atoms with Crippen LogP contribution in [0.4, 0.5) is 0 Å². The number of likely N-dealkylation sites (N-methyl/N-ethyl adjacent to an activating group) is 1. The second-order valence-electron chi connectivity index (χ2n) is 6.59. The number of ether oxygens (including phenoxy) is 3. The summed E-state index contributed by atoms with van der Waals surface area (Å²) in [6, 6.07) is 1.43. The Bertz CT molecular complexity index is 1030. The summed E-state index contributed by atoms with van der Waals surface area (Å²) >= 11 is 5.18. The molecule has 2 N–H and O–H groups in total. The maximum absolute atomic E-state index is 12.8. The molecule has 0 amide bonds. The highest BCUT2D eigenvalue weighted by Gasteiger charge is 2.37. The quantitative estimate of drug-likeness (QED) is 0.773. The van der Waals surface area contributed by atoms with Crippen LogP contribution in [0.1, 0.15) is 29.7 Å². The molecule has 2 aliphatic rings. The van der Waals surface area contributed by atoms with E-state index in [2.05, 4.69) is 4.98 Å². The van der Waals surface area contributed by atoms with Gasteiger partial charge in [-0.25, -0.2) is 0 Å². The molecule has 9 heteroatoms. The molecule has 0 saturated carbocycles. The number of fused-ring (bicyclic) bond motifs is 2. The first kappa shape index (κ1) is 17.9. The number of rotatable bonds is 3. The van der Waals surface area contributed by atoms with Gasteiger partial charge in [0.25, 0.3) is 5.56 Å². The molecule has 27 heavy (non-hydrogen) atoms. The van der Waals surface area contributed by atoms with Crippen LogP contribution in [0.3, 0.4) is 0 Å². The number of benzene rings is 1. The number of H-pyrrole nitrogens is 1. The van der Waals surface area contributed by atoms with Gasteiger partial charge in [0.1, 0.15) is 0 Å². The minimum atomic E-state index is -0.504. The van der Waals surface area contributed by atoms with Gasteiger partial charge in [-0.1, -0.05) is 0 Å². The molecule has 0 bridgehead atoms. The van der Waals surface area contributed by atoms with Gasteiger partial charge in [0.2, 0.25) is 18.4 Å². The standard InChI is InChI=1S/C18H21N3O5S/c1-4-21-17(23)12(16(22)19-18(21)27)13-11-9(5-6-20(13)2)7-10-14(15(11)24-3)26-8-25-10/h7,13,23H,4-6,8H2,1-3H3,(H,19,22,27). The van der Waals surface area contributed by atoms with Crippen LogP contribution in [0.2, 0.25) is 0 Å². The summed E-state index contributed by atoms with van der Waals surface area (Å²) in [7, 11) is 3.47. The fourth-order valence-electron chi connectivity index (χ4n) is 3.91. The smallest absolute Gasteiger partial charge is 0.260 e. The average Bonchev–Trinajstić information content (AvgIpc) is 3.10. The van der Waals surface area contributed by atoms with Gasteiger partial charge in [-0.3, -0.25) is 19.2 Å². The first-order valence-electron chi connectivity index (χ1n) is 8.73. The lowest BCUT2D eigenvalue weighted by Gasteiger charge is -2.36. The number of methoxy groups -OCH3 is 1. The molecule has 8 nitrogen and oxygen atoms in total. The van der Waals surface area contributed by atoms with Crippen molar-refractivity contribution < 1.29 is 19.3 Å². The predicted octanol–water partition coefficient (Wildman–Crippen LogP) is 1.95. The maximum atomic E-state index is 12.8. The van der Waals surface area contributed by atoms with Gasteiger partial charge in [-0.05, 0) is 44.2 Å². The van der Waals surface area contributed by atoms with E-state index < -0.39 is 11.6 Å². The molecule has 144 valence electrons. The Kier molecular flexibility index (Phi) is 4.35. The minimum absolute atomic E-state index is 0.126. The Hall–Kier alpha value is -2.52. The second kappa shape index (κ2) is 6.58. The summed E-state index contributed by atoms with van der Waals surface area (Å²) in [5, 5.41) is 10.9. The summed E-state index contributed by atoms with van der Waals surface area (Å²) < 4.78 is 18.5. The molecule has 3 heterocycles. The van der Waals surface area contributed by atoms with Crippen molar-refractivity contribution >= 4 is 12.2 Å². The van der Waals surface area contributed by atoms with Gasteiger partial charge in [0, 0.05) is 18.7 Å². The number of nitrogens with zero attached hydrogens (tertiary/aromatic N) is 2. The van der Waals surface area contributed by atoms with E-state index in [0.29, 0.717) is 30.3 Å². The zero-order valence-corrected chi connectivity index (χ0v) is 16.2. The third-order valence-electron chi connectivity index (χ3n) is 5.19. The molecule has 0 spiro atoms. The fourth-order valence-corrected chi connectivity index (χ4v) is 4.22. The van der Waals surface area contributed by atoms with Gasteiger partial charge in [-0.2, -0.15) is 0 Å². The van der Waals surface area contributed by atoms with Crippen LogP contribution in [0.25, 0.3) is 0 Å². The van der Waals surface area contributed by atoms with Gasteiger partial charge >= 0.3 is 0 Å². The van der Waals surface area contributed by atoms with Crippen molar-refractivity contribution in [2.75, 3.05) is 27.5 Å². The van der Waals surface area contributed by atoms with Crippen molar-refractivity contribution in [2.24, 2.45) is 0 Å². The van der Waals surface area contributed by atoms with Crippen molar-refractivity contribution in [3.8, 4) is 23.1 Å². The Balaban J connectivity index is 2.03. The molecule has 2 aliphatic heterocycles. The molecule has 2 aromatic rings. The minimum Gasteiger partial charge on any atom is -0.494 e. The zero-order chi connectivity index (χ0) is 19.3. The Morgan fingerprint density at radius 3 is 2.89 bits per heavy atom. The summed E-state index contributed by atoms with van der Waals surface area (Å²) in [5.41, 5.74) is 1.64. The van der Waals surface area contributed by atoms with Crippen molar-refractivity contribution in [1.29, 1.82) is 0 Å². The molecular weight excluding hydrogens is 370 g/mol. The van der Waals surface area contributed by atoms with Gasteiger partial charge in [0.05, 0.1) is 18.7 Å². The molecule has 0 fully saturated rings. The SMILES string of the molecule is CCn1c(O)c(C2c3c(cc4c(c3OC)OCO4)CCN2C)c(=O)[nH]c1=S. The number of hydrogen-bond donors (Lipinski definition) is 2. The molecule has 1 unspecified atom stereocenters. The highest BCUT2D eigenvalue weighted by atomic mass is 32.1. The lowest BCUT2D eigenvalue weighted by Crippen LogP contribution is -2.37. The lowest BCUT2D eigenvalue weighted by molar-refractivity contribution is 0.170. The highest BCUT2D eigenvalue weighted by molar-refractivity contribution is 7.71. The monoisotopic (exact) mass is 391 g/mol. The second-order valence-corrected chi connectivity index (χ2v) is 6.98. The largest absolute Gasteiger partial charge is 0.494 e. The van der Waals surface area contributed by atoms with Gasteiger partial charge in [-0.15, -0.1) is 0 Å². The van der Waals surface area contributed by atoms with E-state index in [0.717, 1.165) is 17.5 Å². The first-order valence-corrected chi connectivity index (χ1v) is 9.14. The van der Waals surface area contributed by atoms with Crippen molar-refractivity contribution in [3.63, 3.8) is 0 Å². The van der Waals surface area contributed by atoms with Crippen LogP contribution in [-0.4, -0.2) is 47.1 Å². The van der Waals surface area contributed by atoms with Crippen LogP contribution in [-0.2, 0) is 13.0 Å². The molecule has 4 rings (SSSR count). The third-order valence-corrected chi connectivity index (χ3v) is 5.51. The van der Waals surface area contributed by atoms with Crippen LogP contribution in [0.5, 0.6) is 23.1 Å². The number of nitrogens with one attached hydrogen (secondary N) is 1. The van der Waals surface area contributed by atoms with Gasteiger partial charge < -0.3 is 19.3 Å². The van der Waals surface area contributed by atoms with E-state index in [-0.39, 0.29) is 23.0 Å². The highest BCUT2D eigenvalue weighted by Crippen LogP contribution is 2.51. The number of aromatic nitrogens is 2. The summed E-state index contributed by atoms with van der Waals surface area (Å²) in [6.45, 7) is 3.13. The van der Waals surface area contributed by atoms with E-state index in [9.17, 15) is 9.90 Å². The average molecular weight is 391 g/mol. The fraction of sp³-hybridized carbons (Fsp3) is 0.444. The van der Waals surface area contributed by atoms with E-state index in [4.69, 9.17) is 26.4 Å². The van der Waals surface area contributed by atoms with Crippen LogP contribution >= 0.6 is 12.2 Å². The van der Waals surface area contributed by atoms with Crippen molar-refractivity contribution in [1.82, 2.24) is 14.5 Å². The molecule has 0 saturated heterocycles. The van der Waals surface area contributed by atoms with Crippen molar-refractivity contribution in [3.05, 3.63) is 37.9 Å². The molecule has 0 radical (unpaired) electrons. The number of aromatic amines is 1. The summed E-state index contributed by atoms with van der Waals surface area (Å²) in [5.74, 6) is 1.56. The normalized spacial score (nSPS) is 18.4. The maximum Gasteiger partial charge on any atom is 0.260 e. The Morgan fingerprint density at radius 1 is 1.41 bits per heavy atom. The number of aromatic hydroxyl groups is 1. The Labute approximate surface area is 160 Å². The van der Waals surface area contributed by atoms with Crippen LogP contribution < -0.4 is 19.8 Å². The Morgan fingerprint density at radius 2 is 2.19 bits per heavy atom. The van der Waals surface area contributed by atoms with Crippen LogP contribution in [0, 0.1) is 4.77 Å².